The van der Waals surface area contributed by atoms with Crippen molar-refractivity contribution in [3.8, 4) is 5.88 Å². The maximum Gasteiger partial charge on any atom is 0.217 e. The molecule has 20 heavy (non-hydrogen) atoms. The highest BCUT2D eigenvalue weighted by Gasteiger charge is 2.23. The summed E-state index contributed by atoms with van der Waals surface area (Å²) >= 11 is 1.32. The Morgan fingerprint density at radius 3 is 2.65 bits per heavy atom. The number of nitrogens with zero attached hydrogens (tertiary/aromatic N) is 5. The summed E-state index contributed by atoms with van der Waals surface area (Å²) in [5, 5.41) is 9.53. The van der Waals surface area contributed by atoms with Crippen LogP contribution in [-0.4, -0.2) is 31.4 Å². The van der Waals surface area contributed by atoms with Gasteiger partial charge < -0.3 is 10.6 Å². The van der Waals surface area contributed by atoms with Crippen LogP contribution in [0.2, 0.25) is 0 Å². The highest BCUT2D eigenvalue weighted by molar-refractivity contribution is 7.99. The van der Waals surface area contributed by atoms with Gasteiger partial charge in [-0.2, -0.15) is 0 Å². The van der Waals surface area contributed by atoms with Crippen molar-refractivity contribution in [3.63, 3.8) is 0 Å². The molecule has 2 rings (SSSR count). The van der Waals surface area contributed by atoms with Gasteiger partial charge in [-0.1, -0.05) is 20.8 Å². The number of nitrogens with two attached hydrogens (primary N) is 1. The number of ether oxygens (including phenoxy) is 1. The summed E-state index contributed by atoms with van der Waals surface area (Å²) in [4.78, 5) is 8.18. The highest BCUT2D eigenvalue weighted by atomic mass is 32.2. The molecule has 0 aliphatic rings. The second-order valence-corrected chi connectivity index (χ2v) is 6.14. The SMILES string of the molecule is CCOc1cc(Sc2nnc(C(C)(C)C)n2N)ncn1. The summed E-state index contributed by atoms with van der Waals surface area (Å²) in [6.45, 7) is 8.56. The minimum atomic E-state index is -0.164. The van der Waals surface area contributed by atoms with Crippen LogP contribution in [0, 0.1) is 0 Å². The summed E-state index contributed by atoms with van der Waals surface area (Å²) in [7, 11) is 0. The fraction of sp³-hybridized carbons (Fsp3) is 0.500. The van der Waals surface area contributed by atoms with E-state index in [0.717, 1.165) is 5.82 Å². The Balaban J connectivity index is 2.22. The maximum atomic E-state index is 6.03. The molecule has 0 aromatic carbocycles. The van der Waals surface area contributed by atoms with Crippen molar-refractivity contribution in [3.05, 3.63) is 18.2 Å². The maximum absolute atomic E-state index is 6.03. The summed E-state index contributed by atoms with van der Waals surface area (Å²) in [6, 6.07) is 1.75. The molecule has 0 fully saturated rings. The predicted molar refractivity (Wildman–Crippen MR) is 76.2 cm³/mol. The smallest absolute Gasteiger partial charge is 0.217 e. The van der Waals surface area contributed by atoms with E-state index in [0.29, 0.717) is 22.7 Å². The van der Waals surface area contributed by atoms with Gasteiger partial charge in [0.25, 0.3) is 0 Å². The Morgan fingerprint density at radius 1 is 1.30 bits per heavy atom. The van der Waals surface area contributed by atoms with E-state index in [2.05, 4.69) is 20.2 Å². The van der Waals surface area contributed by atoms with Gasteiger partial charge in [-0.3, -0.25) is 0 Å². The average Bonchev–Trinajstić information content (AvgIpc) is 2.72. The Hall–Kier alpha value is -1.83. The Bertz CT molecular complexity index is 592. The standard InChI is InChI=1S/C12H18N6OS/c1-5-19-8-6-9(15-7-14-8)20-11-17-16-10(18(11)13)12(2,3)4/h6-7H,5,13H2,1-4H3. The molecule has 2 heterocycles. The van der Waals surface area contributed by atoms with Crippen LogP contribution in [-0.2, 0) is 5.41 Å². The largest absolute Gasteiger partial charge is 0.478 e. The Morgan fingerprint density at radius 2 is 2.05 bits per heavy atom. The van der Waals surface area contributed by atoms with Gasteiger partial charge >= 0.3 is 0 Å². The van der Waals surface area contributed by atoms with E-state index in [9.17, 15) is 0 Å². The molecule has 2 aromatic heterocycles. The molecular weight excluding hydrogens is 276 g/mol. The second-order valence-electron chi connectivity index (χ2n) is 5.16. The van der Waals surface area contributed by atoms with Crippen LogP contribution in [0.3, 0.4) is 0 Å². The molecule has 2 N–H and O–H groups in total. The zero-order valence-electron chi connectivity index (χ0n) is 12.0. The van der Waals surface area contributed by atoms with Crippen molar-refractivity contribution < 1.29 is 4.74 Å². The highest BCUT2D eigenvalue weighted by Crippen LogP contribution is 2.28. The van der Waals surface area contributed by atoms with Crippen LogP contribution in [0.25, 0.3) is 0 Å². The lowest BCUT2D eigenvalue weighted by Crippen LogP contribution is -2.24. The summed E-state index contributed by atoms with van der Waals surface area (Å²) in [5.74, 6) is 7.28. The molecular formula is C12H18N6OS. The van der Waals surface area contributed by atoms with Crippen LogP contribution in [0.4, 0.5) is 0 Å². The van der Waals surface area contributed by atoms with Crippen molar-refractivity contribution >= 4 is 11.8 Å². The van der Waals surface area contributed by atoms with Crippen molar-refractivity contribution in [2.24, 2.45) is 0 Å². The molecule has 0 aliphatic heterocycles. The normalized spacial score (nSPS) is 11.6. The van der Waals surface area contributed by atoms with Gasteiger partial charge in [-0.15, -0.1) is 10.2 Å². The molecule has 7 nitrogen and oxygen atoms in total. The van der Waals surface area contributed by atoms with Crippen molar-refractivity contribution in [2.45, 2.75) is 43.3 Å². The molecule has 0 unspecified atom stereocenters. The van der Waals surface area contributed by atoms with Crippen LogP contribution < -0.4 is 10.6 Å². The van der Waals surface area contributed by atoms with Gasteiger partial charge in [-0.25, -0.2) is 14.6 Å². The zero-order valence-corrected chi connectivity index (χ0v) is 12.8. The lowest BCUT2D eigenvalue weighted by atomic mass is 9.96. The molecule has 0 aliphatic carbocycles. The third-order valence-corrected chi connectivity index (χ3v) is 3.33. The number of hydrogen-bond donors (Lipinski definition) is 1. The molecule has 0 amide bonds. The van der Waals surface area contributed by atoms with Gasteiger partial charge in [0.15, 0.2) is 5.82 Å². The lowest BCUT2D eigenvalue weighted by molar-refractivity contribution is 0.324. The van der Waals surface area contributed by atoms with Crippen LogP contribution in [0.5, 0.6) is 5.88 Å². The van der Waals surface area contributed by atoms with E-state index >= 15 is 0 Å². The van der Waals surface area contributed by atoms with Gasteiger partial charge in [0.1, 0.15) is 11.4 Å². The Labute approximate surface area is 121 Å². The number of nitrogen functional groups attached to an aromatic ring is 1. The zero-order chi connectivity index (χ0) is 14.8. The summed E-state index contributed by atoms with van der Waals surface area (Å²) < 4.78 is 6.83. The summed E-state index contributed by atoms with van der Waals surface area (Å²) in [5.41, 5.74) is -0.164. The Kier molecular flexibility index (Phi) is 4.12. The van der Waals surface area contributed by atoms with Crippen molar-refractivity contribution in [1.82, 2.24) is 24.8 Å². The minimum absolute atomic E-state index is 0.164. The van der Waals surface area contributed by atoms with Gasteiger partial charge in [0, 0.05) is 11.5 Å². The van der Waals surface area contributed by atoms with E-state index in [1.807, 2.05) is 27.7 Å². The molecule has 0 spiro atoms. The fourth-order valence-electron chi connectivity index (χ4n) is 1.56. The average molecular weight is 294 g/mol. The molecule has 8 heteroatoms. The number of aromatic nitrogens is 5. The first-order valence-electron chi connectivity index (χ1n) is 6.25. The summed E-state index contributed by atoms with van der Waals surface area (Å²) in [6.07, 6.45) is 1.45. The fourth-order valence-corrected chi connectivity index (χ4v) is 2.27. The molecule has 0 atom stereocenters. The third kappa shape index (κ3) is 3.19. The van der Waals surface area contributed by atoms with Crippen LogP contribution in [0.1, 0.15) is 33.5 Å². The van der Waals surface area contributed by atoms with E-state index < -0.39 is 0 Å². The van der Waals surface area contributed by atoms with Gasteiger partial charge in [-0.05, 0) is 18.7 Å². The first-order valence-corrected chi connectivity index (χ1v) is 7.07. The first-order chi connectivity index (χ1) is 9.41. The predicted octanol–water partition coefficient (Wildman–Crippen LogP) is 1.63. The van der Waals surface area contributed by atoms with Crippen molar-refractivity contribution in [2.75, 3.05) is 12.4 Å². The number of hydrogen-bond acceptors (Lipinski definition) is 7. The molecule has 0 saturated heterocycles. The van der Waals surface area contributed by atoms with E-state index in [4.69, 9.17) is 10.6 Å². The lowest BCUT2D eigenvalue weighted by Gasteiger charge is -2.16. The molecule has 0 bridgehead atoms. The van der Waals surface area contributed by atoms with E-state index in [1.54, 1.807) is 6.07 Å². The number of rotatable bonds is 4. The van der Waals surface area contributed by atoms with Crippen LogP contribution in [0.15, 0.2) is 22.6 Å². The molecule has 0 radical (unpaired) electrons. The molecule has 2 aromatic rings. The second kappa shape index (κ2) is 5.66. The quantitative estimate of drug-likeness (QED) is 0.676. The molecule has 0 saturated carbocycles. The van der Waals surface area contributed by atoms with Crippen molar-refractivity contribution in [1.29, 1.82) is 0 Å². The topological polar surface area (TPSA) is 91.7 Å². The third-order valence-electron chi connectivity index (χ3n) is 2.44. The van der Waals surface area contributed by atoms with E-state index in [1.165, 1.54) is 22.8 Å². The van der Waals surface area contributed by atoms with Gasteiger partial charge in [0.05, 0.1) is 6.61 Å². The van der Waals surface area contributed by atoms with Gasteiger partial charge in [0.2, 0.25) is 11.0 Å². The monoisotopic (exact) mass is 294 g/mol. The van der Waals surface area contributed by atoms with Crippen LogP contribution >= 0.6 is 11.8 Å². The molecule has 108 valence electrons. The first kappa shape index (κ1) is 14.6. The van der Waals surface area contributed by atoms with E-state index in [-0.39, 0.29) is 5.41 Å². The minimum Gasteiger partial charge on any atom is -0.478 e.